The number of carbonyl (C=O) groups excluding carboxylic acids is 1. The minimum Gasteiger partial charge on any atom is -0.451 e. The summed E-state index contributed by atoms with van der Waals surface area (Å²) in [6.45, 7) is 0. The summed E-state index contributed by atoms with van der Waals surface area (Å²) in [4.78, 5) is 12.7. The molecule has 0 unspecified atom stereocenters. The fourth-order valence-corrected chi connectivity index (χ4v) is 4.32. The molecular formula is C18H9Br2Cl2NO2. The van der Waals surface area contributed by atoms with Crippen molar-refractivity contribution < 1.29 is 9.21 Å². The molecule has 126 valence electrons. The van der Waals surface area contributed by atoms with Gasteiger partial charge in [-0.05, 0) is 39.5 Å². The Labute approximate surface area is 169 Å². The first kappa shape index (κ1) is 17.2. The normalized spacial score (nSPS) is 11.5. The Hall–Kier alpha value is -1.27. The monoisotopic (exact) mass is 499 g/mol. The topological polar surface area (TPSA) is 35.1 Å². The van der Waals surface area contributed by atoms with E-state index < -0.39 is 0 Å². The molecule has 0 amide bonds. The summed E-state index contributed by atoms with van der Waals surface area (Å²) in [7, 11) is 0. The molecule has 0 fully saturated rings. The molecular weight excluding hydrogens is 493 g/mol. The van der Waals surface area contributed by atoms with Crippen LogP contribution < -0.4 is 0 Å². The second kappa shape index (κ2) is 6.47. The number of rotatable bonds is 1. The minimum atomic E-state index is -0.164. The Morgan fingerprint density at radius 2 is 1.76 bits per heavy atom. The molecule has 3 nitrogen and oxygen atoms in total. The molecule has 0 spiro atoms. The highest BCUT2D eigenvalue weighted by atomic mass is 79.9. The summed E-state index contributed by atoms with van der Waals surface area (Å²) in [5.74, 6) is -0.164. The van der Waals surface area contributed by atoms with E-state index in [2.05, 4.69) is 31.9 Å². The zero-order valence-electron chi connectivity index (χ0n) is 12.5. The molecule has 2 heterocycles. The SMILES string of the molecule is O=C(CBr)n1c2cc(Cl)c(oc3c4ccccc4cc(Br)c31)c(Cl)c2. The molecule has 25 heavy (non-hydrogen) atoms. The Bertz CT molecular complexity index is 1170. The molecule has 0 aliphatic heterocycles. The van der Waals surface area contributed by atoms with E-state index in [0.717, 1.165) is 15.2 Å². The molecule has 2 aromatic heterocycles. The molecule has 5 rings (SSSR count). The van der Waals surface area contributed by atoms with Crippen LogP contribution in [0.5, 0.6) is 0 Å². The highest BCUT2D eigenvalue weighted by Crippen LogP contribution is 2.37. The van der Waals surface area contributed by atoms with Crippen molar-refractivity contribution in [2.24, 2.45) is 0 Å². The molecule has 0 radical (unpaired) electrons. The Balaban J connectivity index is 2.42. The molecule has 0 aliphatic carbocycles. The van der Waals surface area contributed by atoms with Crippen molar-refractivity contribution in [3.63, 3.8) is 0 Å². The number of benzene rings is 3. The third-order valence-electron chi connectivity index (χ3n) is 3.96. The van der Waals surface area contributed by atoms with Gasteiger partial charge in [0.05, 0.1) is 20.9 Å². The molecule has 0 saturated heterocycles. The van der Waals surface area contributed by atoms with Gasteiger partial charge in [0, 0.05) is 9.86 Å². The van der Waals surface area contributed by atoms with Crippen LogP contribution in [0.15, 0.2) is 51.4 Å². The summed E-state index contributed by atoms with van der Waals surface area (Å²) in [6, 6.07) is 13.1. The van der Waals surface area contributed by atoms with Crippen LogP contribution in [0.2, 0.25) is 10.0 Å². The highest BCUT2D eigenvalue weighted by molar-refractivity contribution is 9.10. The zero-order chi connectivity index (χ0) is 17.7. The zero-order valence-corrected chi connectivity index (χ0v) is 17.2. The quantitative estimate of drug-likeness (QED) is 0.258. The lowest BCUT2D eigenvalue weighted by Crippen LogP contribution is -2.14. The number of alkyl halides is 1. The van der Waals surface area contributed by atoms with Gasteiger partial charge in [-0.2, -0.15) is 0 Å². The van der Waals surface area contributed by atoms with E-state index >= 15 is 0 Å². The maximum atomic E-state index is 12.7. The lowest BCUT2D eigenvalue weighted by molar-refractivity contribution is 0.0952. The Kier molecular flexibility index (Phi) is 4.44. The summed E-state index contributed by atoms with van der Waals surface area (Å²) < 4.78 is 8.43. The largest absolute Gasteiger partial charge is 0.451 e. The smallest absolute Gasteiger partial charge is 0.242 e. The second-order valence-corrected chi connectivity index (χ2v) is 7.69. The van der Waals surface area contributed by atoms with Crippen molar-refractivity contribution in [1.29, 1.82) is 0 Å². The van der Waals surface area contributed by atoms with Crippen molar-refractivity contribution in [1.82, 2.24) is 4.57 Å². The van der Waals surface area contributed by atoms with E-state index in [1.807, 2.05) is 30.3 Å². The van der Waals surface area contributed by atoms with Crippen molar-refractivity contribution in [3.05, 3.63) is 57.0 Å². The fourth-order valence-electron chi connectivity index (χ4n) is 2.91. The van der Waals surface area contributed by atoms with Crippen LogP contribution >= 0.6 is 55.1 Å². The molecule has 0 saturated carbocycles. The molecule has 7 heteroatoms. The van der Waals surface area contributed by atoms with Crippen LogP contribution in [0.3, 0.4) is 0 Å². The molecule has 0 N–H and O–H groups in total. The van der Waals surface area contributed by atoms with Gasteiger partial charge in [-0.25, -0.2) is 0 Å². The van der Waals surface area contributed by atoms with Crippen LogP contribution in [-0.2, 0) is 0 Å². The summed E-state index contributed by atoms with van der Waals surface area (Å²) in [6.07, 6.45) is 0. The van der Waals surface area contributed by atoms with Gasteiger partial charge < -0.3 is 4.42 Å². The summed E-state index contributed by atoms with van der Waals surface area (Å²) in [5, 5.41) is 2.68. The van der Waals surface area contributed by atoms with Gasteiger partial charge in [0.15, 0.2) is 11.2 Å². The molecule has 0 atom stereocenters. The van der Waals surface area contributed by atoms with Gasteiger partial charge in [-0.3, -0.25) is 9.36 Å². The Morgan fingerprint density at radius 3 is 2.44 bits per heavy atom. The van der Waals surface area contributed by atoms with Gasteiger partial charge in [0.2, 0.25) is 5.91 Å². The highest BCUT2D eigenvalue weighted by Gasteiger charge is 2.18. The average Bonchev–Trinajstić information content (AvgIpc) is 2.57. The van der Waals surface area contributed by atoms with Gasteiger partial charge in [-0.1, -0.05) is 63.4 Å². The van der Waals surface area contributed by atoms with E-state index in [0.29, 0.717) is 32.2 Å². The lowest BCUT2D eigenvalue weighted by Gasteiger charge is -2.15. The van der Waals surface area contributed by atoms with E-state index in [-0.39, 0.29) is 11.2 Å². The van der Waals surface area contributed by atoms with Crippen molar-refractivity contribution >= 4 is 93.9 Å². The number of aromatic nitrogens is 1. The van der Waals surface area contributed by atoms with Gasteiger partial charge in [-0.15, -0.1) is 0 Å². The molecule has 3 aromatic carbocycles. The third-order valence-corrected chi connectivity index (χ3v) is 5.61. The van der Waals surface area contributed by atoms with Crippen molar-refractivity contribution in [3.8, 4) is 0 Å². The number of halogens is 4. The standard InChI is InChI=1S/C18H9Br2Cl2NO2/c19-8-15(24)23-10-6-13(21)18(14(22)7-10)25-17-11-4-2-1-3-9(11)5-12(20)16(17)23/h1-7H,8H2. The predicted octanol–water partition coefficient (Wildman–Crippen LogP) is 7.21. The van der Waals surface area contributed by atoms with Gasteiger partial charge >= 0.3 is 0 Å². The summed E-state index contributed by atoms with van der Waals surface area (Å²) >= 11 is 19.5. The average molecular weight is 502 g/mol. The lowest BCUT2D eigenvalue weighted by atomic mass is 10.1. The molecule has 2 bridgehead atoms. The van der Waals surface area contributed by atoms with Crippen LogP contribution in [-0.4, -0.2) is 15.8 Å². The number of hydrogen-bond donors (Lipinski definition) is 0. The first-order valence-electron chi connectivity index (χ1n) is 7.28. The van der Waals surface area contributed by atoms with E-state index in [4.69, 9.17) is 27.6 Å². The fraction of sp³-hybridized carbons (Fsp3) is 0.0556. The van der Waals surface area contributed by atoms with Gasteiger partial charge in [0.25, 0.3) is 0 Å². The number of hydrogen-bond acceptors (Lipinski definition) is 2. The van der Waals surface area contributed by atoms with Crippen LogP contribution in [0, 0.1) is 0 Å². The van der Waals surface area contributed by atoms with E-state index in [9.17, 15) is 4.79 Å². The first-order chi connectivity index (χ1) is 12.0. The maximum Gasteiger partial charge on any atom is 0.242 e. The second-order valence-electron chi connectivity index (χ2n) is 5.46. The van der Waals surface area contributed by atoms with Crippen LogP contribution in [0.4, 0.5) is 0 Å². The van der Waals surface area contributed by atoms with Gasteiger partial charge in [0.1, 0.15) is 5.52 Å². The number of carbonyl (C=O) groups is 1. The maximum absolute atomic E-state index is 12.7. The van der Waals surface area contributed by atoms with E-state index in [1.54, 1.807) is 16.7 Å². The Morgan fingerprint density at radius 1 is 1.08 bits per heavy atom. The third kappa shape index (κ3) is 2.74. The first-order valence-corrected chi connectivity index (χ1v) is 9.95. The van der Waals surface area contributed by atoms with Crippen molar-refractivity contribution in [2.45, 2.75) is 0 Å². The van der Waals surface area contributed by atoms with Crippen LogP contribution in [0.1, 0.15) is 4.79 Å². The molecule has 0 aliphatic rings. The summed E-state index contributed by atoms with van der Waals surface area (Å²) in [5.41, 5.74) is 2.12. The number of fused-ring (bicyclic) bond motifs is 3. The number of nitrogens with zero attached hydrogens (tertiary/aromatic N) is 1. The van der Waals surface area contributed by atoms with E-state index in [1.165, 1.54) is 0 Å². The van der Waals surface area contributed by atoms with Crippen LogP contribution in [0.25, 0.3) is 33.0 Å². The minimum absolute atomic E-state index is 0.142. The molecule has 5 aromatic rings. The predicted molar refractivity (Wildman–Crippen MR) is 110 cm³/mol. The van der Waals surface area contributed by atoms with Crippen molar-refractivity contribution in [2.75, 3.05) is 5.33 Å².